The van der Waals surface area contributed by atoms with Gasteiger partial charge in [-0.2, -0.15) is 19.3 Å². The maximum absolute atomic E-state index is 14.0. The summed E-state index contributed by atoms with van der Waals surface area (Å²) in [6, 6.07) is 9.15. The fraction of sp³-hybridized carbons (Fsp3) is 0.167. The summed E-state index contributed by atoms with van der Waals surface area (Å²) in [5.74, 6) is -0.822. The molecule has 1 aromatic heterocycles. The molecule has 2 aromatic carbocycles. The van der Waals surface area contributed by atoms with Crippen molar-refractivity contribution in [2.45, 2.75) is 16.7 Å². The first kappa shape index (κ1) is 35.1. The fourth-order valence-electron chi connectivity index (χ4n) is 2.80. The van der Waals surface area contributed by atoms with E-state index in [2.05, 4.69) is 35.0 Å². The number of nitrogens with one attached hydrogen (secondary N) is 2. The predicted molar refractivity (Wildman–Crippen MR) is 120 cm³/mol. The number of anilines is 4. The Morgan fingerprint density at radius 2 is 1.53 bits per heavy atom. The van der Waals surface area contributed by atoms with Gasteiger partial charge in [0.2, 0.25) is 11.9 Å². The zero-order valence-corrected chi connectivity index (χ0v) is 26.5. The minimum absolute atomic E-state index is 0. The van der Waals surface area contributed by atoms with E-state index in [1.807, 2.05) is 0 Å². The van der Waals surface area contributed by atoms with Gasteiger partial charge in [0, 0.05) is 11.4 Å². The molecule has 0 saturated heterocycles. The average molecular weight is 608 g/mol. The van der Waals surface area contributed by atoms with Gasteiger partial charge in [0.15, 0.2) is 22.2 Å². The molecule has 38 heavy (non-hydrogen) atoms. The molecule has 0 atom stereocenters. The Morgan fingerprint density at radius 3 is 2.08 bits per heavy atom. The second-order valence-electron chi connectivity index (χ2n) is 6.81. The number of aryl methyl sites for hydroxylation is 1. The zero-order chi connectivity index (χ0) is 26.3. The van der Waals surface area contributed by atoms with Crippen LogP contribution in [0.2, 0.25) is 0 Å². The van der Waals surface area contributed by atoms with Crippen LogP contribution in [0.4, 0.5) is 27.7 Å². The van der Waals surface area contributed by atoms with Crippen LogP contribution >= 0.6 is 12.3 Å². The number of rotatable bonds is 12. The smallest absolute Gasteiger partial charge is 0.744 e. The molecular formula is C18H16FN5Na2O9S3. The van der Waals surface area contributed by atoms with E-state index in [0.717, 1.165) is 6.07 Å². The summed E-state index contributed by atoms with van der Waals surface area (Å²) >= 11 is 0.197. The third kappa shape index (κ3) is 10.5. The quantitative estimate of drug-likeness (QED) is 0.0496. The molecule has 0 aliphatic carbocycles. The van der Waals surface area contributed by atoms with Crippen LogP contribution in [-0.2, 0) is 33.5 Å². The minimum atomic E-state index is -4.65. The molecule has 0 spiro atoms. The van der Waals surface area contributed by atoms with Crippen molar-refractivity contribution in [2.75, 3.05) is 23.0 Å². The van der Waals surface area contributed by atoms with Crippen molar-refractivity contribution in [3.8, 4) is 0 Å². The third-order valence-corrected chi connectivity index (χ3v) is 7.38. The van der Waals surface area contributed by atoms with Gasteiger partial charge < -0.3 is 20.4 Å². The third-order valence-electron chi connectivity index (χ3n) is 4.32. The van der Waals surface area contributed by atoms with Crippen molar-refractivity contribution >= 4 is 55.6 Å². The summed E-state index contributed by atoms with van der Waals surface area (Å²) < 4.78 is 80.8. The van der Waals surface area contributed by atoms with Crippen LogP contribution in [0.5, 0.6) is 0 Å². The number of benzene rings is 2. The molecule has 2 N–H and O–H groups in total. The zero-order valence-electron chi connectivity index (χ0n) is 20.1. The molecule has 0 aliphatic heterocycles. The van der Waals surface area contributed by atoms with E-state index in [9.17, 15) is 31.0 Å². The molecule has 3 aromatic rings. The molecule has 0 amide bonds. The van der Waals surface area contributed by atoms with Crippen LogP contribution < -0.4 is 75.0 Å². The van der Waals surface area contributed by atoms with Crippen LogP contribution in [-0.4, -0.2) is 48.7 Å². The summed E-state index contributed by atoms with van der Waals surface area (Å²) in [7, 11) is -8.36. The fourth-order valence-corrected chi connectivity index (χ4v) is 4.90. The number of aromatic nitrogens is 3. The molecule has 0 radical (unpaired) electrons. The molecule has 1 heterocycles. The molecular weight excluding hydrogens is 591 g/mol. The van der Waals surface area contributed by atoms with Gasteiger partial charge in [0.25, 0.3) is 0 Å². The number of sulfone groups is 1. The maximum atomic E-state index is 14.0. The van der Waals surface area contributed by atoms with E-state index in [1.165, 1.54) is 43.3 Å². The van der Waals surface area contributed by atoms with Crippen molar-refractivity contribution < 1.29 is 104 Å². The van der Waals surface area contributed by atoms with Gasteiger partial charge in [-0.05, 0) is 55.0 Å². The van der Waals surface area contributed by atoms with Crippen molar-refractivity contribution in [1.29, 1.82) is 0 Å². The maximum Gasteiger partial charge on any atom is 1.00 e. The number of hydrogen-bond acceptors (Lipinski definition) is 15. The molecule has 0 aliphatic rings. The summed E-state index contributed by atoms with van der Waals surface area (Å²) in [6.07, 6.45) is -1.13. The van der Waals surface area contributed by atoms with Gasteiger partial charge in [-0.1, -0.05) is 0 Å². The predicted octanol–water partition coefficient (Wildman–Crippen LogP) is -4.70. The Morgan fingerprint density at radius 1 is 0.947 bits per heavy atom. The molecule has 194 valence electrons. The molecule has 20 heteroatoms. The van der Waals surface area contributed by atoms with Crippen LogP contribution in [0, 0.1) is 13.0 Å². The van der Waals surface area contributed by atoms with Gasteiger partial charge in [-0.25, -0.2) is 16.8 Å². The van der Waals surface area contributed by atoms with E-state index in [0.29, 0.717) is 11.4 Å². The average Bonchev–Trinajstić information content (AvgIpc) is 2.78. The number of hydrogen-bond donors (Lipinski definition) is 2. The topological polar surface area (TPSA) is 205 Å². The van der Waals surface area contributed by atoms with Gasteiger partial charge >= 0.3 is 65.2 Å². The largest absolute Gasteiger partial charge is 1.00 e. The SMILES string of the molecule is Cc1cc(Nc2nc(F)nc(Nc3ccc(S(=O)(=O)CCOSOO[O-])cc3)n2)ccc1S(=O)(=O)[O-].[Na+].[Na+]. The first-order chi connectivity index (χ1) is 17.0. The summed E-state index contributed by atoms with van der Waals surface area (Å²) in [5, 5.41) is 18.1. The molecule has 0 saturated carbocycles. The van der Waals surface area contributed by atoms with E-state index < -0.39 is 36.7 Å². The molecule has 0 unspecified atom stereocenters. The van der Waals surface area contributed by atoms with Crippen molar-refractivity contribution in [2.24, 2.45) is 0 Å². The second kappa shape index (κ2) is 15.7. The van der Waals surface area contributed by atoms with E-state index >= 15 is 0 Å². The first-order valence-corrected chi connectivity index (χ1v) is 13.3. The Hall–Kier alpha value is -0.970. The number of halogens is 1. The molecule has 14 nitrogen and oxygen atoms in total. The normalized spacial score (nSPS) is 11.3. The molecule has 3 rings (SSSR count). The van der Waals surface area contributed by atoms with E-state index in [1.54, 1.807) is 0 Å². The van der Waals surface area contributed by atoms with Crippen molar-refractivity contribution in [1.82, 2.24) is 15.0 Å². The van der Waals surface area contributed by atoms with Crippen molar-refractivity contribution in [3.63, 3.8) is 0 Å². The van der Waals surface area contributed by atoms with Crippen LogP contribution in [0.25, 0.3) is 0 Å². The summed E-state index contributed by atoms with van der Waals surface area (Å²) in [6.45, 7) is 1.15. The first-order valence-electron chi connectivity index (χ1n) is 9.58. The monoisotopic (exact) mass is 607 g/mol. The van der Waals surface area contributed by atoms with Gasteiger partial charge in [0.1, 0.15) is 10.1 Å². The Labute approximate surface area is 265 Å². The summed E-state index contributed by atoms with van der Waals surface area (Å²) in [4.78, 5) is 10.6. The minimum Gasteiger partial charge on any atom is -0.744 e. The van der Waals surface area contributed by atoms with Crippen LogP contribution in [0.15, 0.2) is 52.3 Å². The van der Waals surface area contributed by atoms with Crippen molar-refractivity contribution in [3.05, 3.63) is 54.1 Å². The van der Waals surface area contributed by atoms with Gasteiger partial charge in [-0.3, -0.25) is 9.22 Å². The van der Waals surface area contributed by atoms with Gasteiger partial charge in [-0.15, -0.1) is 4.33 Å². The molecule has 0 fully saturated rings. The van der Waals surface area contributed by atoms with Gasteiger partial charge in [0.05, 0.1) is 22.2 Å². The van der Waals surface area contributed by atoms with E-state index in [4.69, 9.17) is 4.18 Å². The number of nitrogens with zero attached hydrogens (tertiary/aromatic N) is 3. The Bertz CT molecular complexity index is 1440. The Balaban J connectivity index is 0.00000361. The van der Waals surface area contributed by atoms with E-state index in [-0.39, 0.29) is 100 Å². The summed E-state index contributed by atoms with van der Waals surface area (Å²) in [5.41, 5.74) is 0.799. The second-order valence-corrected chi connectivity index (χ2v) is 10.8. The standard InChI is InChI=1S/C18H18FN5O9S3.2Na/c1-11-10-13(4-7-15(11)36(28,29)30)21-18-23-16(19)22-17(24-18)20-12-2-5-14(6-3-12)35(26,27)9-8-31-34-33-32-25;;/h2-7,10,25H,8-9H2,1H3,(H,28,29,30)(H2,20,21,22,23,24);;/q;2*+1/p-2. The molecule has 0 bridgehead atoms. The Kier molecular flexibility index (Phi) is 14.5. The van der Waals surface area contributed by atoms with Crippen LogP contribution in [0.1, 0.15) is 5.56 Å². The van der Waals surface area contributed by atoms with Crippen LogP contribution in [0.3, 0.4) is 0 Å².